The maximum Gasteiger partial charge on any atom is 0.258 e. The van der Waals surface area contributed by atoms with Gasteiger partial charge in [-0.1, -0.05) is 36.4 Å². The number of fused-ring (bicyclic) bond motifs is 2. The number of amides is 2. The van der Waals surface area contributed by atoms with Crippen molar-refractivity contribution in [1.82, 2.24) is 5.48 Å². The molecule has 2 N–H and O–H groups in total. The van der Waals surface area contributed by atoms with Crippen molar-refractivity contribution < 1.29 is 14.8 Å². The zero-order valence-corrected chi connectivity index (χ0v) is 13.4. The molecule has 0 spiro atoms. The summed E-state index contributed by atoms with van der Waals surface area (Å²) in [5.41, 5.74) is 5.47. The first-order valence-electron chi connectivity index (χ1n) is 8.11. The number of nitrogens with one attached hydrogen (secondary N) is 1. The maximum absolute atomic E-state index is 13.0. The lowest BCUT2D eigenvalue weighted by Crippen LogP contribution is -2.32. The van der Waals surface area contributed by atoms with Gasteiger partial charge in [-0.05, 0) is 36.1 Å². The van der Waals surface area contributed by atoms with E-state index in [1.54, 1.807) is 10.4 Å². The van der Waals surface area contributed by atoms with Gasteiger partial charge in [0, 0.05) is 30.6 Å². The van der Waals surface area contributed by atoms with E-state index in [1.807, 2.05) is 42.5 Å². The second kappa shape index (κ2) is 7.27. The third kappa shape index (κ3) is 3.31. The van der Waals surface area contributed by atoms with E-state index in [2.05, 4.69) is 6.07 Å². The van der Waals surface area contributed by atoms with Gasteiger partial charge in [-0.2, -0.15) is 0 Å². The summed E-state index contributed by atoms with van der Waals surface area (Å²) in [4.78, 5) is 25.9. The summed E-state index contributed by atoms with van der Waals surface area (Å²) in [6.07, 6.45) is 2.29. The fourth-order valence-corrected chi connectivity index (χ4v) is 3.10. The molecule has 24 heavy (non-hydrogen) atoms. The largest absolute Gasteiger partial charge is 0.308 e. The molecule has 2 aromatic rings. The summed E-state index contributed by atoms with van der Waals surface area (Å²) in [5, 5.41) is 8.54. The highest BCUT2D eigenvalue weighted by Gasteiger charge is 2.25. The van der Waals surface area contributed by atoms with Gasteiger partial charge in [-0.15, -0.1) is 0 Å². The first-order chi connectivity index (χ1) is 11.7. The predicted molar refractivity (Wildman–Crippen MR) is 91.1 cm³/mol. The number of anilines is 1. The Morgan fingerprint density at radius 1 is 1.04 bits per heavy atom. The highest BCUT2D eigenvalue weighted by Crippen LogP contribution is 2.30. The van der Waals surface area contributed by atoms with Crippen molar-refractivity contribution in [3.63, 3.8) is 0 Å². The maximum atomic E-state index is 13.0. The molecule has 1 heterocycles. The van der Waals surface area contributed by atoms with Crippen LogP contribution in [0.1, 0.15) is 40.7 Å². The smallest absolute Gasteiger partial charge is 0.258 e. The predicted octanol–water partition coefficient (Wildman–Crippen LogP) is 2.91. The lowest BCUT2D eigenvalue weighted by atomic mass is 10.0. The first kappa shape index (κ1) is 16.2. The number of hydrogen-bond acceptors (Lipinski definition) is 3. The molecular weight excluding hydrogens is 304 g/mol. The van der Waals surface area contributed by atoms with Gasteiger partial charge in [0.1, 0.15) is 0 Å². The minimum Gasteiger partial charge on any atom is -0.308 e. The molecule has 0 saturated heterocycles. The minimum absolute atomic E-state index is 0.00200. The Morgan fingerprint density at radius 2 is 1.75 bits per heavy atom. The number of para-hydroxylation sites is 1. The standard InChI is InChI=1S/C19H20N2O3/c22-18(20-24)11-5-6-12-21-17-10-4-2-8-15(17)13-14-7-1-3-9-16(14)19(21)23/h1-4,7-10,24H,5-6,11-13H2,(H,20,22). The van der Waals surface area contributed by atoms with Crippen LogP contribution in [0.2, 0.25) is 0 Å². The molecule has 2 amide bonds. The molecular formula is C19H20N2O3. The zero-order chi connectivity index (χ0) is 16.9. The number of rotatable bonds is 5. The van der Waals surface area contributed by atoms with Crippen molar-refractivity contribution in [2.75, 3.05) is 11.4 Å². The molecule has 1 aliphatic heterocycles. The molecule has 2 aromatic carbocycles. The highest BCUT2D eigenvalue weighted by molar-refractivity contribution is 6.08. The molecule has 0 saturated carbocycles. The summed E-state index contributed by atoms with van der Waals surface area (Å²) < 4.78 is 0. The van der Waals surface area contributed by atoms with E-state index in [0.717, 1.165) is 28.8 Å². The number of carbonyl (C=O) groups is 2. The molecule has 1 aliphatic rings. The van der Waals surface area contributed by atoms with Crippen LogP contribution >= 0.6 is 0 Å². The Labute approximate surface area is 140 Å². The third-order valence-electron chi connectivity index (χ3n) is 4.32. The van der Waals surface area contributed by atoms with Crippen molar-refractivity contribution in [3.05, 3.63) is 65.2 Å². The second-order valence-corrected chi connectivity index (χ2v) is 5.91. The Bertz CT molecular complexity index is 758. The van der Waals surface area contributed by atoms with E-state index in [9.17, 15) is 9.59 Å². The molecule has 0 bridgehead atoms. The van der Waals surface area contributed by atoms with Crippen molar-refractivity contribution in [2.45, 2.75) is 25.7 Å². The van der Waals surface area contributed by atoms with Crippen LogP contribution in [0, 0.1) is 0 Å². The van der Waals surface area contributed by atoms with Crippen molar-refractivity contribution >= 4 is 17.5 Å². The number of nitrogens with zero attached hydrogens (tertiary/aromatic N) is 1. The van der Waals surface area contributed by atoms with Gasteiger partial charge in [-0.25, -0.2) is 5.48 Å². The number of benzene rings is 2. The quantitative estimate of drug-likeness (QED) is 0.505. The monoisotopic (exact) mass is 324 g/mol. The molecule has 0 unspecified atom stereocenters. The van der Waals surface area contributed by atoms with Gasteiger partial charge < -0.3 is 4.90 Å². The van der Waals surface area contributed by atoms with Crippen LogP contribution in [-0.4, -0.2) is 23.6 Å². The van der Waals surface area contributed by atoms with Gasteiger partial charge in [-0.3, -0.25) is 14.8 Å². The Kier molecular flexibility index (Phi) is 4.91. The van der Waals surface area contributed by atoms with Gasteiger partial charge in [0.05, 0.1) is 0 Å². The number of hydrogen-bond donors (Lipinski definition) is 2. The van der Waals surface area contributed by atoms with E-state index < -0.39 is 5.91 Å². The summed E-state index contributed by atoms with van der Waals surface area (Å²) in [7, 11) is 0. The van der Waals surface area contributed by atoms with Gasteiger partial charge in [0.25, 0.3) is 5.91 Å². The van der Waals surface area contributed by atoms with Crippen LogP contribution in [0.4, 0.5) is 5.69 Å². The lowest BCUT2D eigenvalue weighted by molar-refractivity contribution is -0.129. The SMILES string of the molecule is O=C(CCCCN1C(=O)c2ccccc2Cc2ccccc21)NO. The number of hydroxylamine groups is 1. The Hall–Kier alpha value is -2.66. The third-order valence-corrected chi connectivity index (χ3v) is 4.32. The van der Waals surface area contributed by atoms with Crippen molar-refractivity contribution in [3.8, 4) is 0 Å². The van der Waals surface area contributed by atoms with Crippen LogP contribution in [0.15, 0.2) is 48.5 Å². The van der Waals surface area contributed by atoms with Crippen LogP contribution < -0.4 is 10.4 Å². The normalized spacial score (nSPS) is 13.0. The van der Waals surface area contributed by atoms with Gasteiger partial charge in [0.15, 0.2) is 0 Å². The minimum atomic E-state index is -0.400. The summed E-state index contributed by atoms with van der Waals surface area (Å²) in [6, 6.07) is 15.7. The molecule has 0 aliphatic carbocycles. The number of carbonyl (C=O) groups excluding carboxylic acids is 2. The van der Waals surface area contributed by atoms with Crippen LogP contribution in [-0.2, 0) is 11.2 Å². The zero-order valence-electron chi connectivity index (χ0n) is 13.4. The molecule has 0 atom stereocenters. The molecule has 5 nitrogen and oxygen atoms in total. The fourth-order valence-electron chi connectivity index (χ4n) is 3.10. The molecule has 3 rings (SSSR count). The van der Waals surface area contributed by atoms with E-state index in [0.29, 0.717) is 19.4 Å². The summed E-state index contributed by atoms with van der Waals surface area (Å²) in [6.45, 7) is 0.545. The molecule has 0 radical (unpaired) electrons. The fraction of sp³-hybridized carbons (Fsp3) is 0.263. The highest BCUT2D eigenvalue weighted by atomic mass is 16.5. The average molecular weight is 324 g/mol. The second-order valence-electron chi connectivity index (χ2n) is 5.91. The molecule has 124 valence electrons. The van der Waals surface area contributed by atoms with Gasteiger partial charge in [0.2, 0.25) is 5.91 Å². The summed E-state index contributed by atoms with van der Waals surface area (Å²) >= 11 is 0. The lowest BCUT2D eigenvalue weighted by Gasteiger charge is -2.23. The van der Waals surface area contributed by atoms with Crippen molar-refractivity contribution in [1.29, 1.82) is 0 Å². The first-order valence-corrected chi connectivity index (χ1v) is 8.11. The van der Waals surface area contributed by atoms with E-state index in [1.165, 1.54) is 0 Å². The van der Waals surface area contributed by atoms with E-state index in [-0.39, 0.29) is 12.3 Å². The number of unbranched alkanes of at least 4 members (excludes halogenated alkanes) is 1. The summed E-state index contributed by atoms with van der Waals surface area (Å²) in [5.74, 6) is -0.398. The molecule has 0 fully saturated rings. The Balaban J connectivity index is 1.84. The topological polar surface area (TPSA) is 69.6 Å². The molecule has 5 heteroatoms. The Morgan fingerprint density at radius 3 is 2.54 bits per heavy atom. The van der Waals surface area contributed by atoms with Crippen LogP contribution in [0.25, 0.3) is 0 Å². The molecule has 0 aromatic heterocycles. The van der Waals surface area contributed by atoms with Gasteiger partial charge >= 0.3 is 0 Å². The van der Waals surface area contributed by atoms with E-state index in [4.69, 9.17) is 5.21 Å². The van der Waals surface area contributed by atoms with Crippen LogP contribution in [0.5, 0.6) is 0 Å². The average Bonchev–Trinajstić information content (AvgIpc) is 2.73. The van der Waals surface area contributed by atoms with Crippen molar-refractivity contribution in [2.24, 2.45) is 0 Å². The van der Waals surface area contributed by atoms with E-state index >= 15 is 0 Å². The van der Waals surface area contributed by atoms with Crippen LogP contribution in [0.3, 0.4) is 0 Å².